The zero-order valence-corrected chi connectivity index (χ0v) is 17.7. The van der Waals surface area contributed by atoms with Crippen LogP contribution in [-0.2, 0) is 0 Å². The lowest BCUT2D eigenvalue weighted by molar-refractivity contribution is 0.206. The minimum atomic E-state index is 0.0944. The van der Waals surface area contributed by atoms with Gasteiger partial charge in [-0.05, 0) is 56.2 Å². The minimum Gasteiger partial charge on any atom is -0.490 e. The van der Waals surface area contributed by atoms with Gasteiger partial charge in [0, 0.05) is 10.6 Å². The van der Waals surface area contributed by atoms with Crippen molar-refractivity contribution in [2.45, 2.75) is 52.1 Å². The predicted molar refractivity (Wildman–Crippen MR) is 120 cm³/mol. The van der Waals surface area contributed by atoms with E-state index in [-0.39, 0.29) is 6.10 Å². The number of fused-ring (bicyclic) bond motifs is 1. The van der Waals surface area contributed by atoms with Gasteiger partial charge in [-0.2, -0.15) is 5.26 Å². The third-order valence-electron chi connectivity index (χ3n) is 4.83. The van der Waals surface area contributed by atoms with Crippen molar-refractivity contribution in [3.63, 3.8) is 0 Å². The molecular weight excluding hydrogens is 382 g/mol. The average molecular weight is 408 g/mol. The maximum atomic E-state index is 9.72. The Hall–Kier alpha value is -2.77. The first-order valence-corrected chi connectivity index (χ1v) is 10.5. The monoisotopic (exact) mass is 407 g/mol. The van der Waals surface area contributed by atoms with Crippen molar-refractivity contribution < 1.29 is 4.74 Å². The van der Waals surface area contributed by atoms with E-state index in [0.29, 0.717) is 16.4 Å². The fourth-order valence-electron chi connectivity index (χ4n) is 3.26. The number of aromatic amines is 1. The number of ether oxygens (including phenoxy) is 1. The molecule has 29 heavy (non-hydrogen) atoms. The molecule has 0 bridgehead atoms. The molecule has 0 aliphatic heterocycles. The Bertz CT molecular complexity index is 999. The number of allylic oxidation sites excluding steroid dienone is 1. The molecule has 150 valence electrons. The maximum Gasteiger partial charge on any atom is 0.149 e. The van der Waals surface area contributed by atoms with E-state index in [0.717, 1.165) is 35.2 Å². The Morgan fingerprint density at radius 2 is 2.07 bits per heavy atom. The summed E-state index contributed by atoms with van der Waals surface area (Å²) in [5, 5.41) is 10.3. The molecule has 0 saturated heterocycles. The number of para-hydroxylation sites is 2. The average Bonchev–Trinajstić information content (AvgIpc) is 3.15. The number of nitriles is 1. The van der Waals surface area contributed by atoms with Crippen LogP contribution in [0.2, 0.25) is 5.02 Å². The van der Waals surface area contributed by atoms with Crippen LogP contribution in [0.25, 0.3) is 22.7 Å². The number of hydrogen-bond donors (Lipinski definition) is 1. The lowest BCUT2D eigenvalue weighted by Crippen LogP contribution is -2.12. The molecule has 1 N–H and O–H groups in total. The van der Waals surface area contributed by atoms with E-state index in [1.54, 1.807) is 6.08 Å². The summed E-state index contributed by atoms with van der Waals surface area (Å²) in [5.41, 5.74) is 2.93. The first-order valence-electron chi connectivity index (χ1n) is 10.1. The highest BCUT2D eigenvalue weighted by Crippen LogP contribution is 2.29. The number of nitrogens with one attached hydrogen (secondary N) is 1. The Balaban J connectivity index is 1.84. The van der Waals surface area contributed by atoms with Crippen molar-refractivity contribution in [3.05, 3.63) is 58.9 Å². The molecule has 0 fully saturated rings. The van der Waals surface area contributed by atoms with Crippen LogP contribution in [0.15, 0.2) is 42.5 Å². The highest BCUT2D eigenvalue weighted by atomic mass is 35.5. The fraction of sp³-hybridized carbons (Fsp3) is 0.333. The van der Waals surface area contributed by atoms with E-state index in [1.165, 1.54) is 19.3 Å². The number of hydrogen-bond acceptors (Lipinski definition) is 3. The molecule has 1 heterocycles. The number of unbranched alkanes of at least 4 members (excludes halogenated alkanes) is 3. The molecule has 0 aliphatic carbocycles. The zero-order valence-electron chi connectivity index (χ0n) is 16.9. The molecular formula is C24H26ClN3O. The summed E-state index contributed by atoms with van der Waals surface area (Å²) in [6.45, 7) is 4.29. The third kappa shape index (κ3) is 5.62. The predicted octanol–water partition coefficient (Wildman–Crippen LogP) is 7.02. The Kier molecular flexibility index (Phi) is 7.32. The van der Waals surface area contributed by atoms with Crippen LogP contribution in [0.5, 0.6) is 5.75 Å². The molecule has 5 heteroatoms. The van der Waals surface area contributed by atoms with Gasteiger partial charge in [-0.3, -0.25) is 0 Å². The summed E-state index contributed by atoms with van der Waals surface area (Å²) in [6.07, 6.45) is 7.73. The van der Waals surface area contributed by atoms with E-state index in [9.17, 15) is 5.26 Å². The molecule has 1 unspecified atom stereocenters. The molecule has 3 rings (SSSR count). The maximum absolute atomic E-state index is 9.72. The van der Waals surface area contributed by atoms with Crippen LogP contribution in [0.4, 0.5) is 0 Å². The summed E-state index contributed by atoms with van der Waals surface area (Å²) in [4.78, 5) is 7.74. The van der Waals surface area contributed by atoms with Gasteiger partial charge in [-0.15, -0.1) is 0 Å². The number of H-pyrrole nitrogens is 1. The quantitative estimate of drug-likeness (QED) is 0.306. The van der Waals surface area contributed by atoms with Crippen molar-refractivity contribution in [1.82, 2.24) is 9.97 Å². The van der Waals surface area contributed by atoms with Crippen molar-refractivity contribution in [3.8, 4) is 11.8 Å². The summed E-state index contributed by atoms with van der Waals surface area (Å²) < 4.78 is 6.18. The van der Waals surface area contributed by atoms with Gasteiger partial charge in [0.05, 0.1) is 22.7 Å². The van der Waals surface area contributed by atoms with Gasteiger partial charge < -0.3 is 9.72 Å². The van der Waals surface area contributed by atoms with Gasteiger partial charge in [0.25, 0.3) is 0 Å². The molecule has 4 nitrogen and oxygen atoms in total. The second-order valence-electron chi connectivity index (χ2n) is 7.23. The lowest BCUT2D eigenvalue weighted by Gasteiger charge is -2.17. The smallest absolute Gasteiger partial charge is 0.149 e. The SMILES string of the molecule is CCCCCCC(C)Oc1ccc(Cl)cc1C=C(C#N)c1nc2ccccc2[nH]1. The van der Waals surface area contributed by atoms with E-state index in [2.05, 4.69) is 29.9 Å². The van der Waals surface area contributed by atoms with Crippen molar-refractivity contribution in [2.24, 2.45) is 0 Å². The van der Waals surface area contributed by atoms with Gasteiger partial charge in [0.15, 0.2) is 0 Å². The van der Waals surface area contributed by atoms with Crippen LogP contribution in [0.3, 0.4) is 0 Å². The molecule has 0 radical (unpaired) electrons. The second kappa shape index (κ2) is 10.1. The Morgan fingerprint density at radius 3 is 2.83 bits per heavy atom. The van der Waals surface area contributed by atoms with Crippen molar-refractivity contribution in [1.29, 1.82) is 5.26 Å². The van der Waals surface area contributed by atoms with E-state index in [1.807, 2.05) is 42.5 Å². The normalized spacial score (nSPS) is 12.7. The number of benzene rings is 2. The van der Waals surface area contributed by atoms with Gasteiger partial charge in [0.1, 0.15) is 17.6 Å². The molecule has 0 spiro atoms. The van der Waals surface area contributed by atoms with E-state index >= 15 is 0 Å². The first kappa shape index (κ1) is 21.0. The third-order valence-corrected chi connectivity index (χ3v) is 5.06. The lowest BCUT2D eigenvalue weighted by atomic mass is 10.1. The molecule has 0 aliphatic rings. The standard InChI is InChI=1S/C24H26ClN3O/c1-3-4-5-6-9-17(2)29-23-13-12-20(25)15-18(23)14-19(16-26)24-27-21-10-7-8-11-22(21)28-24/h7-8,10-15,17H,3-6,9H2,1-2H3,(H,27,28). The highest BCUT2D eigenvalue weighted by Gasteiger charge is 2.12. The number of nitrogens with zero attached hydrogens (tertiary/aromatic N) is 2. The number of imidazole rings is 1. The molecule has 0 amide bonds. The van der Waals surface area contributed by atoms with Gasteiger partial charge in [-0.1, -0.05) is 49.9 Å². The molecule has 3 aromatic rings. The fourth-order valence-corrected chi connectivity index (χ4v) is 3.44. The van der Waals surface area contributed by atoms with Crippen LogP contribution in [-0.4, -0.2) is 16.1 Å². The minimum absolute atomic E-state index is 0.0944. The largest absolute Gasteiger partial charge is 0.490 e. The Morgan fingerprint density at radius 1 is 1.24 bits per heavy atom. The zero-order chi connectivity index (χ0) is 20.6. The van der Waals surface area contributed by atoms with Crippen LogP contribution in [0.1, 0.15) is 57.3 Å². The molecule has 1 aromatic heterocycles. The van der Waals surface area contributed by atoms with Gasteiger partial charge in [0.2, 0.25) is 0 Å². The molecule has 2 aromatic carbocycles. The van der Waals surface area contributed by atoms with Crippen LogP contribution >= 0.6 is 11.6 Å². The summed E-state index contributed by atoms with van der Waals surface area (Å²) in [6, 6.07) is 15.5. The summed E-state index contributed by atoms with van der Waals surface area (Å²) >= 11 is 6.22. The Labute approximate surface area is 177 Å². The second-order valence-corrected chi connectivity index (χ2v) is 7.67. The van der Waals surface area contributed by atoms with Crippen LogP contribution < -0.4 is 4.74 Å². The highest BCUT2D eigenvalue weighted by molar-refractivity contribution is 6.30. The van der Waals surface area contributed by atoms with E-state index in [4.69, 9.17) is 16.3 Å². The van der Waals surface area contributed by atoms with Gasteiger partial charge >= 0.3 is 0 Å². The first-order chi connectivity index (χ1) is 14.1. The van der Waals surface area contributed by atoms with Crippen LogP contribution in [0, 0.1) is 11.3 Å². The van der Waals surface area contributed by atoms with Crippen molar-refractivity contribution >= 4 is 34.3 Å². The number of halogens is 1. The molecule has 0 saturated carbocycles. The summed E-state index contributed by atoms with van der Waals surface area (Å²) in [5.74, 6) is 1.26. The van der Waals surface area contributed by atoms with Crippen molar-refractivity contribution in [2.75, 3.05) is 0 Å². The van der Waals surface area contributed by atoms with Gasteiger partial charge in [-0.25, -0.2) is 4.98 Å². The number of aromatic nitrogens is 2. The topological polar surface area (TPSA) is 61.7 Å². The molecule has 1 atom stereocenters. The number of rotatable bonds is 9. The summed E-state index contributed by atoms with van der Waals surface area (Å²) in [7, 11) is 0. The van der Waals surface area contributed by atoms with E-state index < -0.39 is 0 Å².